The molecule has 1 N–H and O–H groups in total. The van der Waals surface area contributed by atoms with E-state index in [1.165, 1.54) is 4.31 Å². The van der Waals surface area contributed by atoms with Crippen LogP contribution in [0.2, 0.25) is 0 Å². The smallest absolute Gasteiger partial charge is 0.274 e. The van der Waals surface area contributed by atoms with E-state index >= 15 is 0 Å². The van der Waals surface area contributed by atoms with Crippen LogP contribution in [0, 0.1) is 6.92 Å². The van der Waals surface area contributed by atoms with E-state index < -0.39 is 16.1 Å². The molecule has 2 aliphatic rings. The first-order valence-electron chi connectivity index (χ1n) is 10.1. The minimum absolute atomic E-state index is 0.0742. The Balaban J connectivity index is 1.45. The summed E-state index contributed by atoms with van der Waals surface area (Å²) in [5.41, 5.74) is 1.01. The molecule has 1 atom stereocenters. The molecule has 2 aliphatic heterocycles. The van der Waals surface area contributed by atoms with Crippen molar-refractivity contribution in [2.45, 2.75) is 30.7 Å². The second-order valence-corrected chi connectivity index (χ2v) is 9.54. The van der Waals surface area contributed by atoms with Crippen molar-refractivity contribution < 1.29 is 18.2 Å². The predicted molar refractivity (Wildman–Crippen MR) is 110 cm³/mol. The highest BCUT2D eigenvalue weighted by Gasteiger charge is 2.42. The first-order valence-corrected chi connectivity index (χ1v) is 11.5. The van der Waals surface area contributed by atoms with E-state index in [9.17, 15) is 13.2 Å². The number of sulfonamides is 1. The number of carbonyl (C=O) groups is 1. The monoisotopic (exact) mass is 415 g/mol. The van der Waals surface area contributed by atoms with Crippen LogP contribution in [0.1, 0.15) is 18.4 Å². The number of aryl methyl sites for hydroxylation is 1. The standard InChI is InChI=1S/C21H26N4O3S/c1-17-7-9-18(10-8-17)29(27,28)25-12-4-5-19(25)21(26)24-15-13-23(14-16-24)20-6-2-3-11-22-20/h2-3,6-11,19H,4-5,12-16H2,1H3/p+1/t19-/m0/s1. The van der Waals surface area contributed by atoms with Crippen molar-refractivity contribution in [2.24, 2.45) is 0 Å². The molecule has 4 rings (SSSR count). The van der Waals surface area contributed by atoms with Crippen LogP contribution in [-0.2, 0) is 14.8 Å². The Bertz CT molecular complexity index is 955. The van der Waals surface area contributed by atoms with Crippen LogP contribution in [0.25, 0.3) is 0 Å². The molecule has 0 aliphatic carbocycles. The number of rotatable bonds is 4. The molecule has 154 valence electrons. The molecule has 2 saturated heterocycles. The van der Waals surface area contributed by atoms with E-state index in [1.807, 2.05) is 36.2 Å². The first-order chi connectivity index (χ1) is 14.0. The summed E-state index contributed by atoms with van der Waals surface area (Å²) in [7, 11) is -3.67. The molecule has 0 spiro atoms. The van der Waals surface area contributed by atoms with Crippen LogP contribution in [0.15, 0.2) is 53.6 Å². The summed E-state index contributed by atoms with van der Waals surface area (Å²) in [4.78, 5) is 20.7. The number of carbonyl (C=O) groups excluding carboxylic acids is 1. The zero-order valence-electron chi connectivity index (χ0n) is 16.6. The van der Waals surface area contributed by atoms with E-state index in [2.05, 4.69) is 9.88 Å². The van der Waals surface area contributed by atoms with E-state index in [1.54, 1.807) is 24.3 Å². The summed E-state index contributed by atoms with van der Waals surface area (Å²) in [6.07, 6.45) is 3.18. The van der Waals surface area contributed by atoms with E-state index in [0.717, 1.165) is 24.5 Å². The maximum atomic E-state index is 13.2. The summed E-state index contributed by atoms with van der Waals surface area (Å²) in [6, 6.07) is 12.2. The van der Waals surface area contributed by atoms with Gasteiger partial charge in [-0.25, -0.2) is 13.4 Å². The van der Waals surface area contributed by atoms with Gasteiger partial charge in [-0.05, 0) is 38.0 Å². The number of nitrogens with zero attached hydrogens (tertiary/aromatic N) is 3. The third-order valence-electron chi connectivity index (χ3n) is 5.74. The molecular weight excluding hydrogens is 388 g/mol. The molecule has 7 nitrogen and oxygen atoms in total. The van der Waals surface area contributed by atoms with Gasteiger partial charge in [-0.15, -0.1) is 0 Å². The topological polar surface area (TPSA) is 75.1 Å². The van der Waals surface area contributed by atoms with Gasteiger partial charge in [-0.3, -0.25) is 9.69 Å². The van der Waals surface area contributed by atoms with Gasteiger partial charge < -0.3 is 4.90 Å². The van der Waals surface area contributed by atoms with Crippen molar-refractivity contribution >= 4 is 21.7 Å². The molecule has 2 aromatic rings. The molecule has 0 saturated carbocycles. The third kappa shape index (κ3) is 4.00. The van der Waals surface area contributed by atoms with Crippen LogP contribution >= 0.6 is 0 Å². The number of piperazine rings is 1. The summed E-state index contributed by atoms with van der Waals surface area (Å²) < 4.78 is 27.6. The molecule has 1 aromatic heterocycles. The fourth-order valence-corrected chi connectivity index (χ4v) is 5.73. The van der Waals surface area contributed by atoms with E-state index in [4.69, 9.17) is 0 Å². The maximum Gasteiger partial charge on any atom is 0.274 e. The molecular formula is C21H27N4O3S+. The molecule has 0 bridgehead atoms. The minimum Gasteiger partial charge on any atom is -0.333 e. The molecule has 3 heterocycles. The predicted octanol–water partition coefficient (Wildman–Crippen LogP) is 1.31. The van der Waals surface area contributed by atoms with Crippen molar-refractivity contribution in [3.05, 3.63) is 54.2 Å². The summed E-state index contributed by atoms with van der Waals surface area (Å²) in [5.74, 6) is 0.957. The highest BCUT2D eigenvalue weighted by Crippen LogP contribution is 2.28. The summed E-state index contributed by atoms with van der Waals surface area (Å²) in [6.45, 7) is 4.96. The summed E-state index contributed by atoms with van der Waals surface area (Å²) in [5, 5.41) is 0. The Labute approximate surface area is 172 Å². The number of anilines is 1. The number of H-pyrrole nitrogens is 1. The Morgan fingerprint density at radius 3 is 2.38 bits per heavy atom. The Morgan fingerprint density at radius 1 is 1.00 bits per heavy atom. The van der Waals surface area contributed by atoms with Gasteiger partial charge in [-0.2, -0.15) is 4.31 Å². The average molecular weight is 416 g/mol. The van der Waals surface area contributed by atoms with Crippen LogP contribution in [-0.4, -0.2) is 62.3 Å². The average Bonchev–Trinajstić information content (AvgIpc) is 3.25. The number of pyridine rings is 1. The zero-order chi connectivity index (χ0) is 20.4. The number of aromatic amines is 1. The number of benzene rings is 1. The van der Waals surface area contributed by atoms with Crippen LogP contribution in [0.4, 0.5) is 5.82 Å². The Morgan fingerprint density at radius 2 is 1.72 bits per heavy atom. The largest absolute Gasteiger partial charge is 0.333 e. The number of amides is 1. The lowest BCUT2D eigenvalue weighted by Gasteiger charge is -2.34. The molecule has 2 fully saturated rings. The molecule has 0 radical (unpaired) electrons. The van der Waals surface area contributed by atoms with Gasteiger partial charge in [0.05, 0.1) is 24.2 Å². The lowest BCUT2D eigenvalue weighted by Crippen LogP contribution is -2.55. The second-order valence-electron chi connectivity index (χ2n) is 7.65. The van der Waals surface area contributed by atoms with Crippen LogP contribution in [0.5, 0.6) is 0 Å². The molecule has 0 unspecified atom stereocenters. The third-order valence-corrected chi connectivity index (χ3v) is 7.66. The highest BCUT2D eigenvalue weighted by atomic mass is 32.2. The minimum atomic E-state index is -3.67. The number of hydrogen-bond donors (Lipinski definition) is 0. The second kappa shape index (κ2) is 8.12. The van der Waals surface area contributed by atoms with Gasteiger partial charge in [0, 0.05) is 12.6 Å². The highest BCUT2D eigenvalue weighted by molar-refractivity contribution is 7.89. The molecule has 29 heavy (non-hydrogen) atoms. The lowest BCUT2D eigenvalue weighted by atomic mass is 10.2. The maximum absolute atomic E-state index is 13.2. The van der Waals surface area contributed by atoms with Crippen molar-refractivity contribution in [3.8, 4) is 0 Å². The van der Waals surface area contributed by atoms with Gasteiger partial charge in [0.25, 0.3) is 5.82 Å². The normalized spacial score (nSPS) is 20.8. The fraction of sp³-hybridized carbons (Fsp3) is 0.429. The number of hydrogen-bond acceptors (Lipinski definition) is 4. The molecule has 8 heteroatoms. The number of aromatic nitrogens is 1. The van der Waals surface area contributed by atoms with Crippen molar-refractivity contribution in [1.82, 2.24) is 9.21 Å². The van der Waals surface area contributed by atoms with Crippen LogP contribution in [0.3, 0.4) is 0 Å². The van der Waals surface area contributed by atoms with E-state index in [0.29, 0.717) is 32.5 Å². The molecule has 1 aromatic carbocycles. The number of nitrogens with one attached hydrogen (secondary N) is 1. The van der Waals surface area contributed by atoms with Gasteiger partial charge in [0.1, 0.15) is 19.1 Å². The Hall–Kier alpha value is -2.45. The van der Waals surface area contributed by atoms with Crippen molar-refractivity contribution in [1.29, 1.82) is 0 Å². The van der Waals surface area contributed by atoms with Gasteiger partial charge in [-0.1, -0.05) is 23.8 Å². The van der Waals surface area contributed by atoms with Gasteiger partial charge in [0.15, 0.2) is 0 Å². The fourth-order valence-electron chi connectivity index (χ4n) is 4.08. The van der Waals surface area contributed by atoms with Crippen LogP contribution < -0.4 is 9.88 Å². The quantitative estimate of drug-likeness (QED) is 0.755. The lowest BCUT2D eigenvalue weighted by molar-refractivity contribution is -0.364. The van der Waals surface area contributed by atoms with Crippen molar-refractivity contribution in [3.63, 3.8) is 0 Å². The molecule has 1 amide bonds. The van der Waals surface area contributed by atoms with Crippen molar-refractivity contribution in [2.75, 3.05) is 37.6 Å². The van der Waals surface area contributed by atoms with E-state index in [-0.39, 0.29) is 10.8 Å². The van der Waals surface area contributed by atoms with Gasteiger partial charge >= 0.3 is 0 Å². The first kappa shape index (κ1) is 19.8. The SMILES string of the molecule is Cc1ccc(S(=O)(=O)N2CCC[C@H]2C(=O)N2CCN(c3cccc[nH+]3)CC2)cc1. The zero-order valence-corrected chi connectivity index (χ0v) is 17.4. The summed E-state index contributed by atoms with van der Waals surface area (Å²) >= 11 is 0. The Kier molecular flexibility index (Phi) is 5.56. The van der Waals surface area contributed by atoms with Gasteiger partial charge in [0.2, 0.25) is 15.9 Å².